The largest absolute Gasteiger partial charge is 0.468 e. The zero-order valence-electron chi connectivity index (χ0n) is 10.1. The number of esters is 1. The standard InChI is InChI=1S/C14H14O3/c1-9-6-4-5-7-11(9)12-8-14(12,10(2)15)13(16)17-3/h4-8H,1-3H3. The lowest BCUT2D eigenvalue weighted by Gasteiger charge is -2.13. The first-order chi connectivity index (χ1) is 8.04. The molecule has 0 spiro atoms. The molecule has 0 aliphatic heterocycles. The Morgan fingerprint density at radius 2 is 1.88 bits per heavy atom. The average Bonchev–Trinajstić information content (AvgIpc) is 3.05. The summed E-state index contributed by atoms with van der Waals surface area (Å²) in [5.74, 6) is -0.689. The van der Waals surface area contributed by atoms with Crippen LogP contribution in [0, 0.1) is 12.3 Å². The lowest BCUT2D eigenvalue weighted by atomic mass is 9.91. The fourth-order valence-electron chi connectivity index (χ4n) is 2.11. The van der Waals surface area contributed by atoms with E-state index in [0.717, 1.165) is 16.7 Å². The molecule has 1 aliphatic rings. The molecule has 0 N–H and O–H groups in total. The van der Waals surface area contributed by atoms with Gasteiger partial charge >= 0.3 is 5.97 Å². The van der Waals surface area contributed by atoms with Crippen molar-refractivity contribution in [2.75, 3.05) is 7.11 Å². The van der Waals surface area contributed by atoms with E-state index < -0.39 is 11.4 Å². The highest BCUT2D eigenvalue weighted by molar-refractivity contribution is 6.24. The first-order valence-electron chi connectivity index (χ1n) is 5.43. The lowest BCUT2D eigenvalue weighted by molar-refractivity contribution is -0.148. The van der Waals surface area contributed by atoms with E-state index in [0.29, 0.717) is 0 Å². The van der Waals surface area contributed by atoms with E-state index in [4.69, 9.17) is 4.74 Å². The molecule has 1 aliphatic carbocycles. The predicted octanol–water partition coefficient (Wildman–Crippen LogP) is 2.14. The number of hydrogen-bond donors (Lipinski definition) is 0. The van der Waals surface area contributed by atoms with Gasteiger partial charge in [0.05, 0.1) is 7.11 Å². The number of ether oxygens (including phenoxy) is 1. The van der Waals surface area contributed by atoms with Crippen LogP contribution in [-0.4, -0.2) is 18.9 Å². The van der Waals surface area contributed by atoms with Gasteiger partial charge in [-0.25, -0.2) is 0 Å². The fourth-order valence-corrected chi connectivity index (χ4v) is 2.11. The second kappa shape index (κ2) is 3.84. The van der Waals surface area contributed by atoms with Gasteiger partial charge in [-0.15, -0.1) is 0 Å². The van der Waals surface area contributed by atoms with E-state index in [1.807, 2.05) is 31.2 Å². The third-order valence-electron chi connectivity index (χ3n) is 3.20. The lowest BCUT2D eigenvalue weighted by Crippen LogP contribution is -2.28. The highest BCUT2D eigenvalue weighted by Crippen LogP contribution is 2.53. The Bertz CT molecular complexity index is 528. The summed E-state index contributed by atoms with van der Waals surface area (Å²) >= 11 is 0. The molecule has 0 fully saturated rings. The summed E-state index contributed by atoms with van der Waals surface area (Å²) < 4.78 is 4.72. The third-order valence-corrected chi connectivity index (χ3v) is 3.20. The summed E-state index contributed by atoms with van der Waals surface area (Å²) in [6.07, 6.45) is 1.68. The van der Waals surface area contributed by atoms with Crippen molar-refractivity contribution in [3.05, 3.63) is 41.5 Å². The zero-order valence-corrected chi connectivity index (χ0v) is 10.1. The Hall–Kier alpha value is -1.90. The van der Waals surface area contributed by atoms with Crippen LogP contribution < -0.4 is 0 Å². The maximum absolute atomic E-state index is 11.7. The second-order valence-electron chi connectivity index (χ2n) is 4.23. The molecule has 1 atom stereocenters. The summed E-state index contributed by atoms with van der Waals surface area (Å²) in [7, 11) is 1.30. The summed E-state index contributed by atoms with van der Waals surface area (Å²) in [5, 5.41) is 0. The van der Waals surface area contributed by atoms with Crippen LogP contribution in [0.5, 0.6) is 0 Å². The number of rotatable bonds is 3. The van der Waals surface area contributed by atoms with Crippen LogP contribution in [0.25, 0.3) is 5.57 Å². The number of Topliss-reactive ketones (excluding diaryl/α,β-unsaturated/α-hetero) is 1. The van der Waals surface area contributed by atoms with Gasteiger partial charge in [0, 0.05) is 0 Å². The Labute approximate surface area is 100 Å². The quantitative estimate of drug-likeness (QED) is 0.590. The molecule has 0 bridgehead atoms. The number of carbonyl (C=O) groups excluding carboxylic acids is 2. The number of aryl methyl sites for hydroxylation is 1. The Kier molecular flexibility index (Phi) is 2.62. The van der Waals surface area contributed by atoms with Crippen molar-refractivity contribution in [3.8, 4) is 0 Å². The van der Waals surface area contributed by atoms with Gasteiger partial charge in [0.2, 0.25) is 0 Å². The van der Waals surface area contributed by atoms with Crippen LogP contribution in [-0.2, 0) is 14.3 Å². The van der Waals surface area contributed by atoms with E-state index in [9.17, 15) is 9.59 Å². The van der Waals surface area contributed by atoms with E-state index >= 15 is 0 Å². The molecule has 0 aromatic heterocycles. The molecule has 3 nitrogen and oxygen atoms in total. The van der Waals surface area contributed by atoms with Crippen LogP contribution >= 0.6 is 0 Å². The molecule has 1 aromatic rings. The topological polar surface area (TPSA) is 43.4 Å². The van der Waals surface area contributed by atoms with E-state index in [2.05, 4.69) is 0 Å². The van der Waals surface area contributed by atoms with Crippen molar-refractivity contribution in [2.45, 2.75) is 13.8 Å². The van der Waals surface area contributed by atoms with Crippen molar-refractivity contribution in [3.63, 3.8) is 0 Å². The molecule has 3 heteroatoms. The van der Waals surface area contributed by atoms with Crippen molar-refractivity contribution in [1.82, 2.24) is 0 Å². The molecular formula is C14H14O3. The minimum Gasteiger partial charge on any atom is -0.468 e. The maximum atomic E-state index is 11.7. The highest BCUT2D eigenvalue weighted by Gasteiger charge is 2.57. The van der Waals surface area contributed by atoms with Crippen molar-refractivity contribution in [2.24, 2.45) is 5.41 Å². The van der Waals surface area contributed by atoms with Gasteiger partial charge in [0.1, 0.15) is 0 Å². The van der Waals surface area contributed by atoms with E-state index in [-0.39, 0.29) is 5.78 Å². The van der Waals surface area contributed by atoms with Gasteiger partial charge in [0.25, 0.3) is 0 Å². The molecular weight excluding hydrogens is 216 g/mol. The minimum atomic E-state index is -1.14. The zero-order chi connectivity index (χ0) is 12.6. The normalized spacial score (nSPS) is 21.7. The summed E-state index contributed by atoms with van der Waals surface area (Å²) in [4.78, 5) is 23.4. The second-order valence-corrected chi connectivity index (χ2v) is 4.23. The minimum absolute atomic E-state index is 0.192. The Morgan fingerprint density at radius 3 is 2.41 bits per heavy atom. The summed E-state index contributed by atoms with van der Waals surface area (Å²) in [6.45, 7) is 3.37. The van der Waals surface area contributed by atoms with Gasteiger partial charge in [0.15, 0.2) is 11.2 Å². The predicted molar refractivity (Wildman–Crippen MR) is 64.3 cm³/mol. The first-order valence-corrected chi connectivity index (χ1v) is 5.43. The molecule has 1 unspecified atom stereocenters. The van der Waals surface area contributed by atoms with E-state index in [1.165, 1.54) is 14.0 Å². The molecule has 0 saturated carbocycles. The number of methoxy groups -OCH3 is 1. The first kappa shape index (κ1) is 11.6. The van der Waals surface area contributed by atoms with Crippen molar-refractivity contribution >= 4 is 17.3 Å². The molecule has 2 rings (SSSR count). The third kappa shape index (κ3) is 1.58. The van der Waals surface area contributed by atoms with Crippen LogP contribution in [0.3, 0.4) is 0 Å². The monoisotopic (exact) mass is 230 g/mol. The molecule has 0 amide bonds. The Balaban J connectivity index is 2.39. The molecule has 0 heterocycles. The van der Waals surface area contributed by atoms with Crippen LogP contribution in [0.2, 0.25) is 0 Å². The van der Waals surface area contributed by atoms with Crippen LogP contribution in [0.4, 0.5) is 0 Å². The highest BCUT2D eigenvalue weighted by atomic mass is 16.5. The van der Waals surface area contributed by atoms with Crippen molar-refractivity contribution in [1.29, 1.82) is 0 Å². The number of hydrogen-bond acceptors (Lipinski definition) is 3. The molecule has 0 radical (unpaired) electrons. The number of carbonyl (C=O) groups is 2. The van der Waals surface area contributed by atoms with Gasteiger partial charge in [-0.1, -0.05) is 24.3 Å². The van der Waals surface area contributed by atoms with E-state index in [1.54, 1.807) is 6.08 Å². The molecule has 0 saturated heterocycles. The van der Waals surface area contributed by atoms with Crippen LogP contribution in [0.15, 0.2) is 30.3 Å². The Morgan fingerprint density at radius 1 is 1.24 bits per heavy atom. The van der Waals surface area contributed by atoms with Crippen molar-refractivity contribution < 1.29 is 14.3 Å². The summed E-state index contributed by atoms with van der Waals surface area (Å²) in [6, 6.07) is 7.69. The fraction of sp³-hybridized carbons (Fsp3) is 0.286. The number of ketones is 1. The number of benzene rings is 1. The van der Waals surface area contributed by atoms with Gasteiger partial charge in [-0.3, -0.25) is 9.59 Å². The SMILES string of the molecule is COC(=O)C1(C(C)=O)C=C1c1ccccc1C. The molecule has 88 valence electrons. The smallest absolute Gasteiger partial charge is 0.327 e. The maximum Gasteiger partial charge on any atom is 0.327 e. The van der Waals surface area contributed by atoms with Gasteiger partial charge in [-0.05, 0) is 36.6 Å². The van der Waals surface area contributed by atoms with Gasteiger partial charge < -0.3 is 4.74 Å². The van der Waals surface area contributed by atoms with Gasteiger partial charge in [-0.2, -0.15) is 0 Å². The molecule has 17 heavy (non-hydrogen) atoms. The van der Waals surface area contributed by atoms with Crippen LogP contribution in [0.1, 0.15) is 18.1 Å². The average molecular weight is 230 g/mol. The summed E-state index contributed by atoms with van der Waals surface area (Å²) in [5.41, 5.74) is 1.61. The molecule has 1 aromatic carbocycles.